The molecule has 0 bridgehead atoms. The number of amides is 1. The molecule has 1 unspecified atom stereocenters. The largest absolute Gasteiger partial charge is 0.357 e. The van der Waals surface area contributed by atoms with Crippen LogP contribution in [0.1, 0.15) is 18.9 Å². The summed E-state index contributed by atoms with van der Waals surface area (Å²) >= 11 is 1.45. The molecule has 104 valence electrons. The van der Waals surface area contributed by atoms with Crippen molar-refractivity contribution in [2.45, 2.75) is 26.3 Å². The van der Waals surface area contributed by atoms with Gasteiger partial charge in [0.1, 0.15) is 23.1 Å². The lowest BCUT2D eigenvalue weighted by molar-refractivity contribution is -0.116. The third-order valence-electron chi connectivity index (χ3n) is 2.84. The summed E-state index contributed by atoms with van der Waals surface area (Å²) in [5.74, 6) is 0.971. The Morgan fingerprint density at radius 2 is 2.25 bits per heavy atom. The van der Waals surface area contributed by atoms with Crippen molar-refractivity contribution in [3.63, 3.8) is 0 Å². The van der Waals surface area contributed by atoms with Crippen LogP contribution in [0, 0.1) is 0 Å². The molecule has 0 saturated heterocycles. The smallest absolute Gasteiger partial charge is 0.246 e. The molecule has 0 aromatic carbocycles. The Morgan fingerprint density at radius 3 is 3.00 bits per heavy atom. The number of carbonyl (C=O) groups excluding carboxylic acids is 1. The second-order valence-corrected chi connectivity index (χ2v) is 5.34. The molecule has 2 aromatic heterocycles. The zero-order valence-corrected chi connectivity index (χ0v) is 11.8. The van der Waals surface area contributed by atoms with Gasteiger partial charge in [0.25, 0.3) is 0 Å². The lowest BCUT2D eigenvalue weighted by atomic mass is 10.2. The SMILES string of the molecule is CCc1nnc(Nc2ncnc3c2NC(=O)C(C)N3)s1. The zero-order chi connectivity index (χ0) is 14.1. The molecule has 3 heterocycles. The number of nitrogens with zero attached hydrogens (tertiary/aromatic N) is 4. The van der Waals surface area contributed by atoms with Crippen molar-refractivity contribution >= 4 is 39.7 Å². The molecule has 0 aliphatic carbocycles. The van der Waals surface area contributed by atoms with Crippen molar-refractivity contribution in [2.24, 2.45) is 0 Å². The first-order valence-corrected chi connectivity index (χ1v) is 7.01. The summed E-state index contributed by atoms with van der Waals surface area (Å²) < 4.78 is 0. The number of carbonyl (C=O) groups is 1. The van der Waals surface area contributed by atoms with Gasteiger partial charge in [0.15, 0.2) is 11.6 Å². The topological polar surface area (TPSA) is 105 Å². The van der Waals surface area contributed by atoms with Gasteiger partial charge in [0.05, 0.1) is 0 Å². The summed E-state index contributed by atoms with van der Waals surface area (Å²) in [5, 5.41) is 18.5. The highest BCUT2D eigenvalue weighted by atomic mass is 32.1. The highest BCUT2D eigenvalue weighted by Gasteiger charge is 2.25. The van der Waals surface area contributed by atoms with Crippen molar-refractivity contribution in [3.05, 3.63) is 11.3 Å². The Morgan fingerprint density at radius 1 is 1.40 bits per heavy atom. The van der Waals surface area contributed by atoms with Crippen LogP contribution < -0.4 is 16.0 Å². The molecule has 2 aromatic rings. The minimum absolute atomic E-state index is 0.123. The summed E-state index contributed by atoms with van der Waals surface area (Å²) in [7, 11) is 0. The molecule has 0 saturated carbocycles. The van der Waals surface area contributed by atoms with Crippen molar-refractivity contribution in [3.8, 4) is 0 Å². The molecule has 1 aliphatic heterocycles. The van der Waals surface area contributed by atoms with Crippen molar-refractivity contribution in [1.82, 2.24) is 20.2 Å². The standard InChI is InChI=1S/C11H13N7OS/c1-3-6-17-18-11(20-6)16-9-7-8(12-4-13-9)14-5(2)10(19)15-7/h4-5H,3H2,1-2H3,(H,15,19)(H2,12,13,14,16,18). The third-order valence-corrected chi connectivity index (χ3v) is 3.82. The van der Waals surface area contributed by atoms with Crippen LogP contribution in [0.3, 0.4) is 0 Å². The van der Waals surface area contributed by atoms with Crippen LogP contribution >= 0.6 is 11.3 Å². The maximum Gasteiger partial charge on any atom is 0.246 e. The molecular weight excluding hydrogens is 278 g/mol. The minimum Gasteiger partial charge on any atom is -0.357 e. The molecule has 0 radical (unpaired) electrons. The van der Waals surface area contributed by atoms with Crippen molar-refractivity contribution < 1.29 is 4.79 Å². The third kappa shape index (κ3) is 2.27. The number of nitrogens with one attached hydrogen (secondary N) is 3. The molecule has 8 nitrogen and oxygen atoms in total. The Hall–Kier alpha value is -2.29. The molecule has 3 rings (SSSR count). The lowest BCUT2D eigenvalue weighted by Gasteiger charge is -2.24. The molecule has 0 fully saturated rings. The first-order chi connectivity index (χ1) is 9.67. The van der Waals surface area contributed by atoms with Crippen LogP contribution in [0.5, 0.6) is 0 Å². The van der Waals surface area contributed by atoms with Crippen LogP contribution in [-0.2, 0) is 11.2 Å². The van der Waals surface area contributed by atoms with Gasteiger partial charge in [-0.1, -0.05) is 18.3 Å². The Kier molecular flexibility index (Phi) is 3.18. The highest BCUT2D eigenvalue weighted by Crippen LogP contribution is 2.32. The summed E-state index contributed by atoms with van der Waals surface area (Å²) in [6.45, 7) is 3.79. The number of hydrogen-bond acceptors (Lipinski definition) is 8. The molecule has 1 aliphatic rings. The maximum absolute atomic E-state index is 11.7. The van der Waals surface area contributed by atoms with E-state index in [1.807, 2.05) is 6.92 Å². The van der Waals surface area contributed by atoms with Gasteiger partial charge in [-0.15, -0.1) is 10.2 Å². The summed E-state index contributed by atoms with van der Waals surface area (Å²) in [6, 6.07) is -0.321. The molecular formula is C11H13N7OS. The number of rotatable bonds is 3. The quantitative estimate of drug-likeness (QED) is 0.784. The van der Waals surface area contributed by atoms with E-state index in [1.54, 1.807) is 6.92 Å². The number of anilines is 4. The molecule has 20 heavy (non-hydrogen) atoms. The van der Waals surface area contributed by atoms with E-state index in [2.05, 4.69) is 36.1 Å². The number of fused-ring (bicyclic) bond motifs is 1. The van der Waals surface area contributed by atoms with E-state index >= 15 is 0 Å². The predicted octanol–water partition coefficient (Wildman–Crippen LogP) is 1.39. The summed E-state index contributed by atoms with van der Waals surface area (Å²) in [4.78, 5) is 20.0. The molecule has 0 spiro atoms. The van der Waals surface area contributed by atoms with Gasteiger partial charge in [-0.3, -0.25) is 4.79 Å². The van der Waals surface area contributed by atoms with Gasteiger partial charge in [-0.05, 0) is 13.3 Å². The first kappa shape index (κ1) is 12.7. The highest BCUT2D eigenvalue weighted by molar-refractivity contribution is 7.15. The zero-order valence-electron chi connectivity index (χ0n) is 11.0. The maximum atomic E-state index is 11.7. The molecule has 3 N–H and O–H groups in total. The van der Waals surface area contributed by atoms with Gasteiger partial charge >= 0.3 is 0 Å². The average Bonchev–Trinajstić information content (AvgIpc) is 2.89. The van der Waals surface area contributed by atoms with E-state index in [0.717, 1.165) is 11.4 Å². The fourth-order valence-electron chi connectivity index (χ4n) is 1.76. The van der Waals surface area contributed by atoms with E-state index in [1.165, 1.54) is 17.7 Å². The molecule has 1 atom stereocenters. The Balaban J connectivity index is 1.91. The van der Waals surface area contributed by atoms with Crippen LogP contribution in [0.4, 0.5) is 22.5 Å². The number of hydrogen-bond donors (Lipinski definition) is 3. The van der Waals surface area contributed by atoms with Crippen molar-refractivity contribution in [1.29, 1.82) is 0 Å². The van der Waals surface area contributed by atoms with E-state index in [9.17, 15) is 4.79 Å². The monoisotopic (exact) mass is 291 g/mol. The average molecular weight is 291 g/mol. The Bertz CT molecular complexity index is 656. The fraction of sp³-hybridized carbons (Fsp3) is 0.364. The van der Waals surface area contributed by atoms with E-state index in [0.29, 0.717) is 22.5 Å². The van der Waals surface area contributed by atoms with Crippen molar-refractivity contribution in [2.75, 3.05) is 16.0 Å². The summed E-state index contributed by atoms with van der Waals surface area (Å²) in [5.41, 5.74) is 0.531. The first-order valence-electron chi connectivity index (χ1n) is 6.19. The molecule has 9 heteroatoms. The minimum atomic E-state index is -0.321. The van der Waals surface area contributed by atoms with E-state index in [-0.39, 0.29) is 11.9 Å². The number of aryl methyl sites for hydroxylation is 1. The normalized spacial score (nSPS) is 17.1. The predicted molar refractivity (Wildman–Crippen MR) is 76.3 cm³/mol. The van der Waals surface area contributed by atoms with Gasteiger partial charge in [0.2, 0.25) is 11.0 Å². The van der Waals surface area contributed by atoms with Gasteiger partial charge in [-0.2, -0.15) is 0 Å². The lowest BCUT2D eigenvalue weighted by Crippen LogP contribution is -2.37. The van der Waals surface area contributed by atoms with Crippen LogP contribution in [0.15, 0.2) is 6.33 Å². The van der Waals surface area contributed by atoms with E-state index in [4.69, 9.17) is 0 Å². The second-order valence-electron chi connectivity index (χ2n) is 4.28. The Labute approximate surface area is 119 Å². The summed E-state index contributed by atoms with van der Waals surface area (Å²) in [6.07, 6.45) is 2.26. The fourth-order valence-corrected chi connectivity index (χ4v) is 2.44. The number of aromatic nitrogens is 4. The second kappa shape index (κ2) is 5.00. The molecule has 1 amide bonds. The van der Waals surface area contributed by atoms with Gasteiger partial charge in [-0.25, -0.2) is 9.97 Å². The van der Waals surface area contributed by atoms with E-state index < -0.39 is 0 Å². The van der Waals surface area contributed by atoms with Crippen LogP contribution in [0.25, 0.3) is 0 Å². The van der Waals surface area contributed by atoms with Crippen LogP contribution in [0.2, 0.25) is 0 Å². The van der Waals surface area contributed by atoms with Gasteiger partial charge < -0.3 is 16.0 Å². The van der Waals surface area contributed by atoms with Gasteiger partial charge in [0, 0.05) is 0 Å². The van der Waals surface area contributed by atoms with Crippen LogP contribution in [-0.4, -0.2) is 32.1 Å².